The van der Waals surface area contributed by atoms with Crippen molar-refractivity contribution >= 4 is 46.4 Å². The van der Waals surface area contributed by atoms with Crippen molar-refractivity contribution in [3.05, 3.63) is 46.5 Å². The van der Waals surface area contributed by atoms with Gasteiger partial charge in [0.05, 0.1) is 18.8 Å². The number of nitrogens with zero attached hydrogens (tertiary/aromatic N) is 4. The molecule has 1 aliphatic rings. The molecule has 0 atom stereocenters. The summed E-state index contributed by atoms with van der Waals surface area (Å²) < 4.78 is 0. The lowest BCUT2D eigenvalue weighted by molar-refractivity contribution is 0.276. The molecule has 0 spiro atoms. The SMILES string of the molecule is CCNC(=NCc1ccccc1CN1CCCCCC1)NCc1csc(N(C)C)n1.I. The van der Waals surface area contributed by atoms with Crippen molar-refractivity contribution in [1.82, 2.24) is 20.5 Å². The van der Waals surface area contributed by atoms with Crippen molar-refractivity contribution in [2.45, 2.75) is 52.2 Å². The average Bonchev–Trinajstić information content (AvgIpc) is 3.08. The van der Waals surface area contributed by atoms with Gasteiger partial charge in [0.25, 0.3) is 0 Å². The first-order valence-electron chi connectivity index (χ1n) is 11.1. The third-order valence-electron chi connectivity index (χ3n) is 5.32. The summed E-state index contributed by atoms with van der Waals surface area (Å²) >= 11 is 1.66. The van der Waals surface area contributed by atoms with Gasteiger partial charge in [-0.15, -0.1) is 35.3 Å². The van der Waals surface area contributed by atoms with Crippen LogP contribution in [0.2, 0.25) is 0 Å². The van der Waals surface area contributed by atoms with E-state index in [0.29, 0.717) is 13.1 Å². The fraction of sp³-hybridized carbons (Fsp3) is 0.565. The minimum absolute atomic E-state index is 0. The molecule has 2 aromatic rings. The van der Waals surface area contributed by atoms with Gasteiger partial charge in [0.1, 0.15) is 0 Å². The van der Waals surface area contributed by atoms with Crippen LogP contribution in [-0.4, -0.2) is 49.6 Å². The van der Waals surface area contributed by atoms with Gasteiger partial charge in [0.15, 0.2) is 11.1 Å². The Morgan fingerprint density at radius 3 is 2.45 bits per heavy atom. The summed E-state index contributed by atoms with van der Waals surface area (Å²) in [6.07, 6.45) is 5.38. The fourth-order valence-electron chi connectivity index (χ4n) is 3.66. The van der Waals surface area contributed by atoms with E-state index in [1.807, 2.05) is 19.0 Å². The van der Waals surface area contributed by atoms with Crippen LogP contribution in [-0.2, 0) is 19.6 Å². The van der Waals surface area contributed by atoms with Gasteiger partial charge in [-0.3, -0.25) is 4.90 Å². The van der Waals surface area contributed by atoms with E-state index >= 15 is 0 Å². The molecule has 0 bridgehead atoms. The number of rotatable bonds is 8. The van der Waals surface area contributed by atoms with Gasteiger partial charge in [-0.05, 0) is 44.0 Å². The first-order chi connectivity index (χ1) is 14.7. The van der Waals surface area contributed by atoms with Gasteiger partial charge in [-0.2, -0.15) is 0 Å². The number of hydrogen-bond donors (Lipinski definition) is 2. The zero-order valence-electron chi connectivity index (χ0n) is 19.1. The first-order valence-corrected chi connectivity index (χ1v) is 12.0. The van der Waals surface area contributed by atoms with Gasteiger partial charge in [-0.1, -0.05) is 37.1 Å². The van der Waals surface area contributed by atoms with Crippen LogP contribution < -0.4 is 15.5 Å². The second-order valence-electron chi connectivity index (χ2n) is 8.02. The summed E-state index contributed by atoms with van der Waals surface area (Å²) in [7, 11) is 4.04. The van der Waals surface area contributed by atoms with E-state index in [4.69, 9.17) is 4.99 Å². The van der Waals surface area contributed by atoms with Crippen LogP contribution in [0.15, 0.2) is 34.6 Å². The molecule has 1 saturated heterocycles. The molecule has 3 rings (SSSR count). The maximum Gasteiger partial charge on any atom is 0.191 e. The van der Waals surface area contributed by atoms with Crippen LogP contribution in [0.1, 0.15) is 49.4 Å². The van der Waals surface area contributed by atoms with Crippen LogP contribution in [0.5, 0.6) is 0 Å². The first kappa shape index (κ1) is 25.9. The Labute approximate surface area is 208 Å². The van der Waals surface area contributed by atoms with E-state index in [0.717, 1.165) is 29.9 Å². The number of hydrogen-bond acceptors (Lipinski definition) is 5. The van der Waals surface area contributed by atoms with Crippen LogP contribution in [0.3, 0.4) is 0 Å². The van der Waals surface area contributed by atoms with Crippen molar-refractivity contribution < 1.29 is 0 Å². The van der Waals surface area contributed by atoms with E-state index < -0.39 is 0 Å². The Kier molecular flexibility index (Phi) is 11.6. The fourth-order valence-corrected chi connectivity index (χ4v) is 4.42. The summed E-state index contributed by atoms with van der Waals surface area (Å²) in [5, 5.41) is 9.90. The number of guanidine groups is 1. The standard InChI is InChI=1S/C23H36N6S.HI/c1-4-24-22(26-16-21-18-30-23(27-21)28(2)3)25-15-19-11-7-8-12-20(19)17-29-13-9-5-6-10-14-29;/h7-8,11-12,18H,4-6,9-10,13-17H2,1-3H3,(H2,24,25,26);1H. The molecule has 0 aliphatic carbocycles. The van der Waals surface area contributed by atoms with Gasteiger partial charge in [0, 0.05) is 32.6 Å². The van der Waals surface area contributed by atoms with Crippen molar-refractivity contribution in [1.29, 1.82) is 0 Å². The molecule has 0 saturated carbocycles. The predicted octanol–water partition coefficient (Wildman–Crippen LogP) is 4.46. The Hall–Kier alpha value is -1.39. The third kappa shape index (κ3) is 8.57. The number of halogens is 1. The van der Waals surface area contributed by atoms with Crippen molar-refractivity contribution in [3.63, 3.8) is 0 Å². The predicted molar refractivity (Wildman–Crippen MR) is 144 cm³/mol. The number of anilines is 1. The molecule has 8 heteroatoms. The molecule has 6 nitrogen and oxygen atoms in total. The van der Waals surface area contributed by atoms with Crippen molar-refractivity contribution in [2.75, 3.05) is 38.6 Å². The van der Waals surface area contributed by atoms with E-state index in [2.05, 4.69) is 57.1 Å². The van der Waals surface area contributed by atoms with Crippen LogP contribution in [0.4, 0.5) is 5.13 Å². The smallest absolute Gasteiger partial charge is 0.191 e. The topological polar surface area (TPSA) is 55.8 Å². The Morgan fingerprint density at radius 1 is 1.10 bits per heavy atom. The lowest BCUT2D eigenvalue weighted by Gasteiger charge is -2.21. The normalized spacial score (nSPS) is 15.1. The summed E-state index contributed by atoms with van der Waals surface area (Å²) in [6.45, 7) is 7.74. The molecule has 1 fully saturated rings. The van der Waals surface area contributed by atoms with E-state index in [1.54, 1.807) is 11.3 Å². The average molecular weight is 557 g/mol. The molecule has 1 aromatic heterocycles. The van der Waals surface area contributed by atoms with Crippen molar-refractivity contribution in [2.24, 2.45) is 4.99 Å². The van der Waals surface area contributed by atoms with Crippen LogP contribution >= 0.6 is 35.3 Å². The van der Waals surface area contributed by atoms with Crippen LogP contribution in [0, 0.1) is 0 Å². The molecule has 0 amide bonds. The van der Waals surface area contributed by atoms with Gasteiger partial charge in [0.2, 0.25) is 0 Å². The highest BCUT2D eigenvalue weighted by Gasteiger charge is 2.12. The van der Waals surface area contributed by atoms with E-state index in [1.165, 1.54) is 49.9 Å². The molecule has 1 aliphatic heterocycles. The maximum absolute atomic E-state index is 4.85. The lowest BCUT2D eigenvalue weighted by atomic mass is 10.1. The molecule has 0 radical (unpaired) electrons. The highest BCUT2D eigenvalue weighted by molar-refractivity contribution is 14.0. The van der Waals surface area contributed by atoms with Gasteiger partial charge < -0.3 is 15.5 Å². The second-order valence-corrected chi connectivity index (χ2v) is 8.86. The molecule has 2 heterocycles. The Bertz CT molecular complexity index is 799. The summed E-state index contributed by atoms with van der Waals surface area (Å²) in [5.74, 6) is 0.835. The number of aliphatic imine (C=N–C) groups is 1. The Balaban J connectivity index is 0.00000341. The zero-order valence-corrected chi connectivity index (χ0v) is 22.2. The lowest BCUT2D eigenvalue weighted by Crippen LogP contribution is -2.37. The summed E-state index contributed by atoms with van der Waals surface area (Å²) in [6, 6.07) is 8.74. The second kappa shape index (κ2) is 13.9. The number of nitrogens with one attached hydrogen (secondary N) is 2. The quantitative estimate of drug-likeness (QED) is 0.286. The minimum atomic E-state index is 0. The van der Waals surface area contributed by atoms with Gasteiger partial charge in [-0.25, -0.2) is 9.98 Å². The molecule has 1 aromatic carbocycles. The minimum Gasteiger partial charge on any atom is -0.357 e. The highest BCUT2D eigenvalue weighted by Crippen LogP contribution is 2.18. The molecular weight excluding hydrogens is 519 g/mol. The zero-order chi connectivity index (χ0) is 21.2. The van der Waals surface area contributed by atoms with Crippen molar-refractivity contribution in [3.8, 4) is 0 Å². The monoisotopic (exact) mass is 556 g/mol. The molecule has 172 valence electrons. The molecule has 0 unspecified atom stereocenters. The molecule has 31 heavy (non-hydrogen) atoms. The summed E-state index contributed by atoms with van der Waals surface area (Å²) in [4.78, 5) is 14.1. The van der Waals surface area contributed by atoms with E-state index in [-0.39, 0.29) is 24.0 Å². The number of thiazole rings is 1. The number of benzene rings is 1. The van der Waals surface area contributed by atoms with E-state index in [9.17, 15) is 0 Å². The molecule has 2 N–H and O–H groups in total. The van der Waals surface area contributed by atoms with Gasteiger partial charge >= 0.3 is 0 Å². The third-order valence-corrected chi connectivity index (χ3v) is 6.38. The largest absolute Gasteiger partial charge is 0.357 e. The number of aromatic nitrogens is 1. The molecular formula is C23H37IN6S. The number of likely N-dealkylation sites (tertiary alicyclic amines) is 1. The highest BCUT2D eigenvalue weighted by atomic mass is 127. The Morgan fingerprint density at radius 2 is 1.81 bits per heavy atom. The maximum atomic E-state index is 4.85. The summed E-state index contributed by atoms with van der Waals surface area (Å²) in [5.41, 5.74) is 3.74. The van der Waals surface area contributed by atoms with Crippen LogP contribution in [0.25, 0.3) is 0 Å².